The molecular weight excluding hydrogens is 270 g/mol. The van der Waals surface area contributed by atoms with Crippen LogP contribution in [0, 0.1) is 5.92 Å². The fourth-order valence-electron chi connectivity index (χ4n) is 2.69. The summed E-state index contributed by atoms with van der Waals surface area (Å²) in [6, 6.07) is 4.95. The number of hydrogen-bond donors (Lipinski definition) is 2. The molecule has 5 heteroatoms. The first-order valence-electron chi connectivity index (χ1n) is 7.38. The zero-order valence-corrected chi connectivity index (χ0v) is 11.8. The zero-order valence-electron chi connectivity index (χ0n) is 11.8. The Kier molecular flexibility index (Phi) is 3.82. The minimum absolute atomic E-state index is 0.210. The fraction of sp³-hybridized carbons (Fsp3) is 0.500. The van der Waals surface area contributed by atoms with Crippen molar-refractivity contribution >= 4 is 11.9 Å². The van der Waals surface area contributed by atoms with Crippen LogP contribution in [0.4, 0.5) is 0 Å². The number of amides is 1. The highest BCUT2D eigenvalue weighted by Crippen LogP contribution is 2.33. The Hall–Kier alpha value is -2.04. The van der Waals surface area contributed by atoms with Crippen molar-refractivity contribution in [2.24, 2.45) is 5.92 Å². The number of carbonyl (C=O) groups is 2. The summed E-state index contributed by atoms with van der Waals surface area (Å²) < 4.78 is 5.43. The van der Waals surface area contributed by atoms with Crippen LogP contribution in [0.1, 0.15) is 30.4 Å². The van der Waals surface area contributed by atoms with Gasteiger partial charge in [-0.15, -0.1) is 0 Å². The Morgan fingerprint density at radius 1 is 1.38 bits per heavy atom. The standard InChI is InChI=1S/C16H19NO4/c18-15(17-13(16(19)20)8-10-1-2-10)9-11-3-4-14-12(7-11)5-6-21-14/h3-4,7,10,13H,1-2,5-6,8-9H2,(H,17,18)(H,19,20). The van der Waals surface area contributed by atoms with Gasteiger partial charge in [0, 0.05) is 6.42 Å². The summed E-state index contributed by atoms with van der Waals surface area (Å²) in [4.78, 5) is 23.2. The molecule has 1 aliphatic heterocycles. The highest BCUT2D eigenvalue weighted by Gasteiger charge is 2.30. The van der Waals surface area contributed by atoms with Crippen LogP contribution >= 0.6 is 0 Å². The van der Waals surface area contributed by atoms with Crippen molar-refractivity contribution in [2.75, 3.05) is 6.61 Å². The number of hydrogen-bond acceptors (Lipinski definition) is 3. The molecule has 1 atom stereocenters. The van der Waals surface area contributed by atoms with Crippen molar-refractivity contribution in [3.8, 4) is 5.75 Å². The zero-order chi connectivity index (χ0) is 14.8. The van der Waals surface area contributed by atoms with Crippen LogP contribution in [-0.4, -0.2) is 29.6 Å². The molecule has 0 radical (unpaired) electrons. The van der Waals surface area contributed by atoms with E-state index in [9.17, 15) is 9.59 Å². The summed E-state index contributed by atoms with van der Waals surface area (Å²) in [5, 5.41) is 11.8. The Labute approximate surface area is 123 Å². The average Bonchev–Trinajstić information content (AvgIpc) is 3.13. The Morgan fingerprint density at radius 2 is 2.19 bits per heavy atom. The predicted molar refractivity (Wildman–Crippen MR) is 76.3 cm³/mol. The van der Waals surface area contributed by atoms with Gasteiger partial charge in [0.05, 0.1) is 13.0 Å². The second-order valence-corrected chi connectivity index (χ2v) is 5.85. The number of carboxylic acids is 1. The summed E-state index contributed by atoms with van der Waals surface area (Å²) in [6.45, 7) is 0.688. The van der Waals surface area contributed by atoms with Gasteiger partial charge in [-0.3, -0.25) is 4.79 Å². The minimum Gasteiger partial charge on any atom is -0.493 e. The maximum Gasteiger partial charge on any atom is 0.326 e. The van der Waals surface area contributed by atoms with Gasteiger partial charge in [0.25, 0.3) is 0 Å². The lowest BCUT2D eigenvalue weighted by Gasteiger charge is -2.14. The van der Waals surface area contributed by atoms with E-state index in [1.807, 2.05) is 18.2 Å². The highest BCUT2D eigenvalue weighted by atomic mass is 16.5. The Bertz CT molecular complexity index is 565. The van der Waals surface area contributed by atoms with Gasteiger partial charge in [0.15, 0.2) is 0 Å². The molecule has 1 saturated carbocycles. The van der Waals surface area contributed by atoms with Crippen molar-refractivity contribution in [3.05, 3.63) is 29.3 Å². The van der Waals surface area contributed by atoms with E-state index in [4.69, 9.17) is 9.84 Å². The average molecular weight is 289 g/mol. The van der Waals surface area contributed by atoms with E-state index in [2.05, 4.69) is 5.32 Å². The predicted octanol–water partition coefficient (Wildman–Crippen LogP) is 1.53. The van der Waals surface area contributed by atoms with E-state index < -0.39 is 12.0 Å². The maximum absolute atomic E-state index is 12.0. The Balaban J connectivity index is 1.58. The first-order valence-corrected chi connectivity index (χ1v) is 7.38. The number of benzene rings is 1. The van der Waals surface area contributed by atoms with Crippen molar-refractivity contribution < 1.29 is 19.4 Å². The number of nitrogens with one attached hydrogen (secondary N) is 1. The van der Waals surface area contributed by atoms with Crippen molar-refractivity contribution in [1.29, 1.82) is 0 Å². The van der Waals surface area contributed by atoms with E-state index in [0.29, 0.717) is 18.9 Å². The van der Waals surface area contributed by atoms with Gasteiger partial charge in [-0.05, 0) is 29.5 Å². The molecule has 1 heterocycles. The monoisotopic (exact) mass is 289 g/mol. The van der Waals surface area contributed by atoms with Gasteiger partial charge >= 0.3 is 5.97 Å². The van der Waals surface area contributed by atoms with Crippen LogP contribution in [-0.2, 0) is 22.4 Å². The molecule has 0 saturated heterocycles. The van der Waals surface area contributed by atoms with Crippen LogP contribution in [0.25, 0.3) is 0 Å². The molecule has 1 amide bonds. The largest absolute Gasteiger partial charge is 0.493 e. The molecule has 0 spiro atoms. The van der Waals surface area contributed by atoms with Gasteiger partial charge < -0.3 is 15.2 Å². The van der Waals surface area contributed by atoms with Gasteiger partial charge in [0.1, 0.15) is 11.8 Å². The third-order valence-corrected chi connectivity index (χ3v) is 4.02. The van der Waals surface area contributed by atoms with Crippen molar-refractivity contribution in [3.63, 3.8) is 0 Å². The second-order valence-electron chi connectivity index (χ2n) is 5.85. The summed E-state index contributed by atoms with van der Waals surface area (Å²) in [7, 11) is 0. The van der Waals surface area contributed by atoms with Crippen LogP contribution in [0.15, 0.2) is 18.2 Å². The van der Waals surface area contributed by atoms with E-state index in [0.717, 1.165) is 36.1 Å². The lowest BCUT2D eigenvalue weighted by atomic mass is 10.1. The van der Waals surface area contributed by atoms with Crippen molar-refractivity contribution in [2.45, 2.75) is 38.1 Å². The number of carboxylic acid groups (broad SMARTS) is 1. The molecule has 112 valence electrons. The fourth-order valence-corrected chi connectivity index (χ4v) is 2.69. The molecule has 1 fully saturated rings. The van der Waals surface area contributed by atoms with Gasteiger partial charge in [-0.2, -0.15) is 0 Å². The third kappa shape index (κ3) is 3.54. The topological polar surface area (TPSA) is 75.6 Å². The van der Waals surface area contributed by atoms with Crippen molar-refractivity contribution in [1.82, 2.24) is 5.32 Å². The second kappa shape index (κ2) is 5.76. The van der Waals surface area contributed by atoms with Gasteiger partial charge in [-0.1, -0.05) is 25.0 Å². The van der Waals surface area contributed by atoms with E-state index in [-0.39, 0.29) is 12.3 Å². The van der Waals surface area contributed by atoms with Crippen LogP contribution in [0.3, 0.4) is 0 Å². The lowest BCUT2D eigenvalue weighted by Crippen LogP contribution is -2.41. The number of carbonyl (C=O) groups excluding carboxylic acids is 1. The molecule has 21 heavy (non-hydrogen) atoms. The SMILES string of the molecule is O=C(Cc1ccc2c(c1)CCO2)NC(CC1CC1)C(=O)O. The molecule has 1 aromatic rings. The van der Waals surface area contributed by atoms with E-state index >= 15 is 0 Å². The number of aliphatic carboxylic acids is 1. The van der Waals surface area contributed by atoms with E-state index in [1.54, 1.807) is 0 Å². The third-order valence-electron chi connectivity index (χ3n) is 4.02. The lowest BCUT2D eigenvalue weighted by molar-refractivity contribution is -0.142. The first kappa shape index (κ1) is 13.9. The molecule has 1 unspecified atom stereocenters. The smallest absolute Gasteiger partial charge is 0.326 e. The molecule has 5 nitrogen and oxygen atoms in total. The molecule has 3 rings (SSSR count). The molecule has 0 bridgehead atoms. The normalized spacial score (nSPS) is 17.7. The molecule has 0 aromatic heterocycles. The first-order chi connectivity index (χ1) is 10.1. The summed E-state index contributed by atoms with van der Waals surface area (Å²) in [5.41, 5.74) is 2.01. The molecule has 2 N–H and O–H groups in total. The molecule has 1 aliphatic carbocycles. The number of ether oxygens (including phenoxy) is 1. The van der Waals surface area contributed by atoms with Gasteiger partial charge in [0.2, 0.25) is 5.91 Å². The number of rotatable bonds is 6. The molecule has 2 aliphatic rings. The van der Waals surface area contributed by atoms with Crippen LogP contribution in [0.5, 0.6) is 5.75 Å². The highest BCUT2D eigenvalue weighted by molar-refractivity contribution is 5.84. The Morgan fingerprint density at radius 3 is 2.90 bits per heavy atom. The summed E-state index contributed by atoms with van der Waals surface area (Å²) in [5.74, 6) is 0.166. The van der Waals surface area contributed by atoms with Crippen LogP contribution < -0.4 is 10.1 Å². The van der Waals surface area contributed by atoms with Crippen LogP contribution in [0.2, 0.25) is 0 Å². The van der Waals surface area contributed by atoms with Gasteiger partial charge in [-0.25, -0.2) is 4.79 Å². The quantitative estimate of drug-likeness (QED) is 0.833. The summed E-state index contributed by atoms with van der Waals surface area (Å²) in [6.07, 6.45) is 3.76. The minimum atomic E-state index is -0.947. The molecular formula is C16H19NO4. The molecule has 1 aromatic carbocycles. The number of fused-ring (bicyclic) bond motifs is 1. The summed E-state index contributed by atoms with van der Waals surface area (Å²) >= 11 is 0. The van der Waals surface area contributed by atoms with E-state index in [1.165, 1.54) is 0 Å². The maximum atomic E-state index is 12.0.